The van der Waals surface area contributed by atoms with Crippen molar-refractivity contribution in [2.45, 2.75) is 20.8 Å². The third-order valence-electron chi connectivity index (χ3n) is 5.03. The van der Waals surface area contributed by atoms with Crippen molar-refractivity contribution in [1.82, 2.24) is 4.57 Å². The van der Waals surface area contributed by atoms with Gasteiger partial charge in [-0.1, -0.05) is 12.1 Å². The summed E-state index contributed by atoms with van der Waals surface area (Å²) >= 11 is 0. The van der Waals surface area contributed by atoms with Gasteiger partial charge in [0.05, 0.1) is 0 Å². The molecule has 30 heavy (non-hydrogen) atoms. The van der Waals surface area contributed by atoms with Crippen LogP contribution in [-0.4, -0.2) is 17.3 Å². The predicted molar refractivity (Wildman–Crippen MR) is 115 cm³/mol. The molecule has 0 unspecified atom stereocenters. The first-order valence-corrected chi connectivity index (χ1v) is 9.55. The fourth-order valence-corrected chi connectivity index (χ4v) is 3.58. The molecule has 2 heterocycles. The summed E-state index contributed by atoms with van der Waals surface area (Å²) in [4.78, 5) is 12.6. The van der Waals surface area contributed by atoms with Gasteiger partial charge in [0, 0.05) is 28.8 Å². The Balaban J connectivity index is 1.65. The first-order valence-electron chi connectivity index (χ1n) is 9.55. The maximum atomic E-state index is 12.6. The number of aromatic nitrogens is 1. The van der Waals surface area contributed by atoms with Gasteiger partial charge in [0.1, 0.15) is 11.6 Å². The molecule has 0 fully saturated rings. The lowest BCUT2D eigenvalue weighted by atomic mass is 10.1. The molecule has 0 radical (unpaired) electrons. The molecule has 1 aromatic heterocycles. The van der Waals surface area contributed by atoms with E-state index < -0.39 is 5.91 Å². The third-order valence-corrected chi connectivity index (χ3v) is 5.03. The highest BCUT2D eigenvalue weighted by Crippen LogP contribution is 2.35. The van der Waals surface area contributed by atoms with Gasteiger partial charge in [0.2, 0.25) is 6.79 Å². The zero-order valence-corrected chi connectivity index (χ0v) is 17.0. The highest BCUT2D eigenvalue weighted by Gasteiger charge is 2.17. The van der Waals surface area contributed by atoms with Gasteiger partial charge in [-0.05, 0) is 68.3 Å². The van der Waals surface area contributed by atoms with Crippen LogP contribution in [0.4, 0.5) is 5.69 Å². The van der Waals surface area contributed by atoms with Crippen molar-refractivity contribution < 1.29 is 14.3 Å². The zero-order valence-electron chi connectivity index (χ0n) is 17.0. The van der Waals surface area contributed by atoms with Crippen LogP contribution in [0.5, 0.6) is 11.5 Å². The van der Waals surface area contributed by atoms with Gasteiger partial charge < -0.3 is 19.4 Å². The van der Waals surface area contributed by atoms with Crippen molar-refractivity contribution in [3.8, 4) is 23.3 Å². The second-order valence-corrected chi connectivity index (χ2v) is 7.19. The number of nitrogens with zero attached hydrogens (tertiary/aromatic N) is 2. The SMILES string of the molecule is Cc1cccc(NC(=O)/C(C#N)=C\c2cc(C)n(-c3ccc4c(c3)OCO4)c2C)c1. The maximum Gasteiger partial charge on any atom is 0.266 e. The minimum atomic E-state index is -0.434. The Morgan fingerprint density at radius 3 is 2.67 bits per heavy atom. The summed E-state index contributed by atoms with van der Waals surface area (Å²) in [5.41, 5.74) is 5.37. The molecule has 1 aliphatic heterocycles. The number of carbonyl (C=O) groups is 1. The number of nitrogens with one attached hydrogen (secondary N) is 1. The van der Waals surface area contributed by atoms with Crippen LogP contribution < -0.4 is 14.8 Å². The van der Waals surface area contributed by atoms with Crippen molar-refractivity contribution in [3.63, 3.8) is 0 Å². The van der Waals surface area contributed by atoms with Crippen molar-refractivity contribution in [1.29, 1.82) is 5.26 Å². The van der Waals surface area contributed by atoms with Crippen molar-refractivity contribution in [2.75, 3.05) is 12.1 Å². The van der Waals surface area contributed by atoms with Crippen LogP contribution in [0.15, 0.2) is 54.1 Å². The molecule has 1 amide bonds. The van der Waals surface area contributed by atoms with Crippen molar-refractivity contribution >= 4 is 17.7 Å². The summed E-state index contributed by atoms with van der Waals surface area (Å²) in [7, 11) is 0. The molecule has 0 aliphatic carbocycles. The average Bonchev–Trinajstić information content (AvgIpc) is 3.29. The Morgan fingerprint density at radius 1 is 1.10 bits per heavy atom. The van der Waals surface area contributed by atoms with E-state index in [9.17, 15) is 10.1 Å². The third kappa shape index (κ3) is 3.65. The monoisotopic (exact) mass is 399 g/mol. The van der Waals surface area contributed by atoms with Crippen LogP contribution in [0.2, 0.25) is 0 Å². The Hall–Kier alpha value is -3.98. The first kappa shape index (κ1) is 19.3. The summed E-state index contributed by atoms with van der Waals surface area (Å²) in [6.45, 7) is 6.10. The van der Waals surface area contributed by atoms with Crippen LogP contribution in [0, 0.1) is 32.1 Å². The molecular formula is C24H21N3O3. The normalized spacial score (nSPS) is 12.5. The van der Waals surface area contributed by atoms with E-state index in [4.69, 9.17) is 9.47 Å². The molecule has 6 nitrogen and oxygen atoms in total. The van der Waals surface area contributed by atoms with Gasteiger partial charge in [-0.2, -0.15) is 5.26 Å². The minimum Gasteiger partial charge on any atom is -0.454 e. The van der Waals surface area contributed by atoms with E-state index in [-0.39, 0.29) is 12.4 Å². The predicted octanol–water partition coefficient (Wildman–Crippen LogP) is 4.68. The number of anilines is 1. The fraction of sp³-hybridized carbons (Fsp3) is 0.167. The minimum absolute atomic E-state index is 0.0439. The number of hydrogen-bond donors (Lipinski definition) is 1. The highest BCUT2D eigenvalue weighted by molar-refractivity contribution is 6.09. The lowest BCUT2D eigenvalue weighted by Crippen LogP contribution is -2.13. The molecule has 2 aromatic carbocycles. The van der Waals surface area contributed by atoms with E-state index >= 15 is 0 Å². The standard InChI is InChI=1S/C24H21N3O3/c1-15-5-4-6-20(9-15)26-24(28)19(13-25)11-18-10-16(2)27(17(18)3)21-7-8-22-23(12-21)30-14-29-22/h4-12H,14H2,1-3H3,(H,26,28)/b19-11-. The zero-order chi connectivity index (χ0) is 21.3. The van der Waals surface area contributed by atoms with Gasteiger partial charge in [0.15, 0.2) is 11.5 Å². The number of nitriles is 1. The van der Waals surface area contributed by atoms with Crippen LogP contribution in [0.25, 0.3) is 11.8 Å². The summed E-state index contributed by atoms with van der Waals surface area (Å²) < 4.78 is 12.9. The van der Waals surface area contributed by atoms with E-state index in [0.717, 1.165) is 34.0 Å². The van der Waals surface area contributed by atoms with E-state index in [1.807, 2.05) is 69.3 Å². The fourth-order valence-electron chi connectivity index (χ4n) is 3.58. The summed E-state index contributed by atoms with van der Waals surface area (Å²) in [5.74, 6) is 0.990. The van der Waals surface area contributed by atoms with Crippen molar-refractivity contribution in [3.05, 3.63) is 76.6 Å². The number of carbonyl (C=O) groups excluding carboxylic acids is 1. The number of aryl methyl sites for hydroxylation is 2. The molecule has 0 bridgehead atoms. The quantitative estimate of drug-likeness (QED) is 0.511. The molecule has 4 rings (SSSR count). The Kier molecular flexibility index (Phi) is 5.03. The summed E-state index contributed by atoms with van der Waals surface area (Å²) in [6, 6.07) is 17.2. The largest absolute Gasteiger partial charge is 0.454 e. The van der Waals surface area contributed by atoms with Crippen LogP contribution >= 0.6 is 0 Å². The number of hydrogen-bond acceptors (Lipinski definition) is 4. The van der Waals surface area contributed by atoms with E-state index in [2.05, 4.69) is 9.88 Å². The molecule has 1 N–H and O–H groups in total. The molecule has 0 saturated heterocycles. The number of amides is 1. The van der Waals surface area contributed by atoms with Crippen LogP contribution in [0.1, 0.15) is 22.5 Å². The van der Waals surface area contributed by atoms with E-state index in [1.165, 1.54) is 0 Å². The molecule has 6 heteroatoms. The van der Waals surface area contributed by atoms with Gasteiger partial charge in [-0.25, -0.2) is 0 Å². The number of ether oxygens (including phenoxy) is 2. The lowest BCUT2D eigenvalue weighted by Gasteiger charge is -2.10. The van der Waals surface area contributed by atoms with Crippen LogP contribution in [-0.2, 0) is 4.79 Å². The molecule has 1 aliphatic rings. The molecule has 0 saturated carbocycles. The molecular weight excluding hydrogens is 378 g/mol. The Bertz CT molecular complexity index is 1210. The van der Waals surface area contributed by atoms with Gasteiger partial charge in [-0.3, -0.25) is 4.79 Å². The van der Waals surface area contributed by atoms with Crippen LogP contribution in [0.3, 0.4) is 0 Å². The smallest absolute Gasteiger partial charge is 0.266 e. The van der Waals surface area contributed by atoms with Crippen molar-refractivity contribution in [2.24, 2.45) is 0 Å². The topological polar surface area (TPSA) is 76.3 Å². The number of benzene rings is 2. The lowest BCUT2D eigenvalue weighted by molar-refractivity contribution is -0.112. The second kappa shape index (κ2) is 7.80. The Morgan fingerprint density at radius 2 is 1.90 bits per heavy atom. The molecule has 0 spiro atoms. The number of rotatable bonds is 4. The summed E-state index contributed by atoms with van der Waals surface area (Å²) in [5, 5.41) is 12.4. The molecule has 150 valence electrons. The summed E-state index contributed by atoms with van der Waals surface area (Å²) in [6.07, 6.45) is 1.62. The highest BCUT2D eigenvalue weighted by atomic mass is 16.7. The van der Waals surface area contributed by atoms with E-state index in [0.29, 0.717) is 11.4 Å². The van der Waals surface area contributed by atoms with Gasteiger partial charge in [0.25, 0.3) is 5.91 Å². The first-order chi connectivity index (χ1) is 14.5. The maximum absolute atomic E-state index is 12.6. The van der Waals surface area contributed by atoms with Gasteiger partial charge in [-0.15, -0.1) is 0 Å². The molecule has 3 aromatic rings. The van der Waals surface area contributed by atoms with E-state index in [1.54, 1.807) is 12.1 Å². The Labute approximate surface area is 175 Å². The second-order valence-electron chi connectivity index (χ2n) is 7.19. The molecule has 0 atom stereocenters. The number of fused-ring (bicyclic) bond motifs is 1. The van der Waals surface area contributed by atoms with Gasteiger partial charge >= 0.3 is 0 Å². The average molecular weight is 399 g/mol.